The smallest absolute Gasteiger partial charge is 0.252 e. The van der Waals surface area contributed by atoms with Gasteiger partial charge in [-0.3, -0.25) is 4.79 Å². The lowest BCUT2D eigenvalue weighted by Crippen LogP contribution is -2.53. The van der Waals surface area contributed by atoms with Gasteiger partial charge in [0.15, 0.2) is 0 Å². The number of halogens is 1. The number of hydrogen-bond acceptors (Lipinski definition) is 2. The van der Waals surface area contributed by atoms with Gasteiger partial charge in [-0.2, -0.15) is 0 Å². The van der Waals surface area contributed by atoms with Crippen LogP contribution in [0.15, 0.2) is 18.2 Å². The summed E-state index contributed by atoms with van der Waals surface area (Å²) in [5, 5.41) is 3.33. The summed E-state index contributed by atoms with van der Waals surface area (Å²) in [6.07, 6.45) is 5.83. The van der Waals surface area contributed by atoms with Crippen LogP contribution in [-0.2, 0) is 0 Å². The fourth-order valence-electron chi connectivity index (χ4n) is 4.07. The van der Waals surface area contributed by atoms with Gasteiger partial charge in [0.1, 0.15) is 0 Å². The molecule has 1 aromatic rings. The molecule has 0 aliphatic heterocycles. The standard InChI is InChI=1S/C17H23IN2O/c1-10-5-6-15(18)14(7-10)17(21)20-16-11-3-2-4-12(16)9-13(19)8-11/h5-7,11-13,16H,2-4,8-9,19H2,1H3,(H,20,21). The van der Waals surface area contributed by atoms with Crippen molar-refractivity contribution in [3.8, 4) is 0 Å². The highest BCUT2D eigenvalue weighted by Crippen LogP contribution is 2.39. The summed E-state index contributed by atoms with van der Waals surface area (Å²) in [6, 6.07) is 6.70. The van der Waals surface area contributed by atoms with Crippen LogP contribution >= 0.6 is 22.6 Å². The van der Waals surface area contributed by atoms with E-state index in [2.05, 4.69) is 27.9 Å². The van der Waals surface area contributed by atoms with E-state index < -0.39 is 0 Å². The summed E-state index contributed by atoms with van der Waals surface area (Å²) in [4.78, 5) is 12.7. The molecule has 2 aliphatic carbocycles. The highest BCUT2D eigenvalue weighted by Gasteiger charge is 2.40. The Bertz CT molecular complexity index is 532. The molecule has 21 heavy (non-hydrogen) atoms. The van der Waals surface area contributed by atoms with Gasteiger partial charge in [0.25, 0.3) is 5.91 Å². The van der Waals surface area contributed by atoms with Crippen molar-refractivity contribution in [1.29, 1.82) is 0 Å². The van der Waals surface area contributed by atoms with E-state index in [1.54, 1.807) is 0 Å². The fourth-order valence-corrected chi connectivity index (χ4v) is 4.65. The number of amides is 1. The molecule has 2 saturated carbocycles. The van der Waals surface area contributed by atoms with Gasteiger partial charge in [-0.25, -0.2) is 0 Å². The maximum absolute atomic E-state index is 12.7. The predicted molar refractivity (Wildman–Crippen MR) is 93.2 cm³/mol. The molecule has 0 radical (unpaired) electrons. The lowest BCUT2D eigenvalue weighted by Gasteiger charge is -2.45. The summed E-state index contributed by atoms with van der Waals surface area (Å²) in [5.41, 5.74) is 8.10. The van der Waals surface area contributed by atoms with Gasteiger partial charge in [-0.15, -0.1) is 0 Å². The highest BCUT2D eigenvalue weighted by molar-refractivity contribution is 14.1. The fraction of sp³-hybridized carbons (Fsp3) is 0.588. The van der Waals surface area contributed by atoms with E-state index >= 15 is 0 Å². The van der Waals surface area contributed by atoms with Crippen molar-refractivity contribution in [2.45, 2.75) is 51.1 Å². The number of fused-ring (bicyclic) bond motifs is 2. The quantitative estimate of drug-likeness (QED) is 0.752. The van der Waals surface area contributed by atoms with Crippen LogP contribution in [0.2, 0.25) is 0 Å². The van der Waals surface area contributed by atoms with Crippen LogP contribution in [-0.4, -0.2) is 18.0 Å². The second-order valence-corrected chi connectivity index (χ2v) is 7.83. The van der Waals surface area contributed by atoms with Crippen LogP contribution in [0, 0.1) is 22.3 Å². The molecule has 0 aromatic heterocycles. The number of carbonyl (C=O) groups is 1. The first kappa shape index (κ1) is 15.3. The molecule has 1 amide bonds. The molecule has 2 bridgehead atoms. The molecular formula is C17H23IN2O. The summed E-state index contributed by atoms with van der Waals surface area (Å²) >= 11 is 2.24. The van der Waals surface area contributed by atoms with Gasteiger partial charge in [-0.05, 0) is 79.2 Å². The van der Waals surface area contributed by atoms with Crippen molar-refractivity contribution in [2.24, 2.45) is 17.6 Å². The zero-order chi connectivity index (χ0) is 15.0. The summed E-state index contributed by atoms with van der Waals surface area (Å²) < 4.78 is 1.02. The molecule has 0 saturated heterocycles. The van der Waals surface area contributed by atoms with Gasteiger partial charge in [0.2, 0.25) is 0 Å². The molecule has 2 fully saturated rings. The van der Waals surface area contributed by atoms with E-state index in [4.69, 9.17) is 5.73 Å². The second-order valence-electron chi connectivity index (χ2n) is 6.67. The largest absolute Gasteiger partial charge is 0.349 e. The first-order valence-electron chi connectivity index (χ1n) is 7.87. The first-order chi connectivity index (χ1) is 10.0. The molecule has 2 atom stereocenters. The van der Waals surface area contributed by atoms with Crippen molar-refractivity contribution >= 4 is 28.5 Å². The average Bonchev–Trinajstić information content (AvgIpc) is 2.42. The number of nitrogens with one attached hydrogen (secondary N) is 1. The summed E-state index contributed by atoms with van der Waals surface area (Å²) in [6.45, 7) is 2.03. The molecule has 2 aliphatic rings. The topological polar surface area (TPSA) is 55.1 Å². The van der Waals surface area contributed by atoms with Crippen LogP contribution in [0.5, 0.6) is 0 Å². The van der Waals surface area contributed by atoms with E-state index in [1.165, 1.54) is 19.3 Å². The van der Waals surface area contributed by atoms with Crippen molar-refractivity contribution < 1.29 is 4.79 Å². The molecule has 3 nitrogen and oxygen atoms in total. The number of nitrogens with two attached hydrogens (primary N) is 1. The number of aryl methyl sites for hydroxylation is 1. The Balaban J connectivity index is 1.76. The van der Waals surface area contributed by atoms with Crippen LogP contribution in [0.1, 0.15) is 48.0 Å². The van der Waals surface area contributed by atoms with E-state index in [1.807, 2.05) is 25.1 Å². The number of rotatable bonds is 2. The van der Waals surface area contributed by atoms with Gasteiger partial charge in [-0.1, -0.05) is 18.1 Å². The Kier molecular flexibility index (Phi) is 4.54. The molecule has 114 valence electrons. The minimum absolute atomic E-state index is 0.0838. The zero-order valence-electron chi connectivity index (χ0n) is 12.4. The molecule has 2 unspecified atom stereocenters. The average molecular weight is 398 g/mol. The Labute approximate surface area is 140 Å². The van der Waals surface area contributed by atoms with E-state index in [0.29, 0.717) is 23.9 Å². The number of hydrogen-bond donors (Lipinski definition) is 2. The van der Waals surface area contributed by atoms with Crippen molar-refractivity contribution in [3.63, 3.8) is 0 Å². The molecule has 0 spiro atoms. The number of benzene rings is 1. The third-order valence-corrected chi connectivity index (χ3v) is 5.98. The van der Waals surface area contributed by atoms with Crippen molar-refractivity contribution in [2.75, 3.05) is 0 Å². The Morgan fingerprint density at radius 2 is 1.95 bits per heavy atom. The maximum atomic E-state index is 12.7. The second kappa shape index (κ2) is 6.24. The maximum Gasteiger partial charge on any atom is 0.252 e. The van der Waals surface area contributed by atoms with Gasteiger partial charge in [0, 0.05) is 15.7 Å². The van der Waals surface area contributed by atoms with Gasteiger partial charge < -0.3 is 11.1 Å². The molecule has 3 N–H and O–H groups in total. The molecular weight excluding hydrogens is 375 g/mol. The molecule has 0 heterocycles. The van der Waals surface area contributed by atoms with E-state index in [9.17, 15) is 4.79 Å². The normalized spacial score (nSPS) is 31.8. The minimum Gasteiger partial charge on any atom is -0.349 e. The molecule has 4 heteroatoms. The van der Waals surface area contributed by atoms with Gasteiger partial charge >= 0.3 is 0 Å². The van der Waals surface area contributed by atoms with Crippen LogP contribution in [0.3, 0.4) is 0 Å². The lowest BCUT2D eigenvalue weighted by atomic mass is 9.67. The Hall–Kier alpha value is -0.620. The van der Waals surface area contributed by atoms with Crippen molar-refractivity contribution in [3.05, 3.63) is 32.9 Å². The van der Waals surface area contributed by atoms with Crippen LogP contribution in [0.25, 0.3) is 0 Å². The summed E-state index contributed by atoms with van der Waals surface area (Å²) in [5.74, 6) is 1.22. The monoisotopic (exact) mass is 398 g/mol. The highest BCUT2D eigenvalue weighted by atomic mass is 127. The van der Waals surface area contributed by atoms with Crippen LogP contribution in [0.4, 0.5) is 0 Å². The summed E-state index contributed by atoms with van der Waals surface area (Å²) in [7, 11) is 0. The van der Waals surface area contributed by atoms with Crippen LogP contribution < -0.4 is 11.1 Å². The number of carbonyl (C=O) groups excluding carboxylic acids is 1. The SMILES string of the molecule is Cc1ccc(I)c(C(=O)NC2C3CCCC2CC(N)C3)c1. The van der Waals surface area contributed by atoms with E-state index in [0.717, 1.165) is 27.5 Å². The van der Waals surface area contributed by atoms with Gasteiger partial charge in [0.05, 0.1) is 5.56 Å². The van der Waals surface area contributed by atoms with Crippen molar-refractivity contribution in [1.82, 2.24) is 5.32 Å². The zero-order valence-corrected chi connectivity index (χ0v) is 14.6. The minimum atomic E-state index is 0.0838. The Morgan fingerprint density at radius 1 is 1.29 bits per heavy atom. The van der Waals surface area contributed by atoms with E-state index in [-0.39, 0.29) is 5.91 Å². The lowest BCUT2D eigenvalue weighted by molar-refractivity contribution is 0.0755. The first-order valence-corrected chi connectivity index (χ1v) is 8.95. The third-order valence-electron chi connectivity index (χ3n) is 5.04. The Morgan fingerprint density at radius 3 is 2.62 bits per heavy atom. The molecule has 1 aromatic carbocycles. The third kappa shape index (κ3) is 3.26. The predicted octanol–water partition coefficient (Wildman–Crippen LogP) is 3.24. The molecule has 3 rings (SSSR count).